The van der Waals surface area contributed by atoms with E-state index in [2.05, 4.69) is 21.0 Å². The minimum absolute atomic E-state index is 0.554. The molecule has 0 radical (unpaired) electrons. The Labute approximate surface area is 112 Å². The van der Waals surface area contributed by atoms with Crippen LogP contribution in [0, 0.1) is 0 Å². The first-order valence-corrected chi connectivity index (χ1v) is 6.53. The second-order valence-corrected chi connectivity index (χ2v) is 5.09. The molecule has 0 unspecified atom stereocenters. The fraction of sp³-hybridized carbons (Fsp3) is 0.250. The molecule has 3 nitrogen and oxygen atoms in total. The van der Waals surface area contributed by atoms with Gasteiger partial charge in [0.1, 0.15) is 5.15 Å². The number of fused-ring (bicyclic) bond motifs is 1. The molecule has 1 aliphatic rings. The summed E-state index contributed by atoms with van der Waals surface area (Å²) in [5.41, 5.74) is 3.00. The normalized spacial score (nSPS) is 14.7. The zero-order valence-corrected chi connectivity index (χ0v) is 11.3. The van der Waals surface area contributed by atoms with Gasteiger partial charge in [0, 0.05) is 16.5 Å². The Hall–Kier alpha value is -0.840. The summed E-state index contributed by atoms with van der Waals surface area (Å²) in [7, 11) is 0. The lowest BCUT2D eigenvalue weighted by Crippen LogP contribution is -2.08. The molecule has 0 fully saturated rings. The highest BCUT2D eigenvalue weighted by atomic mass is 79.9. The van der Waals surface area contributed by atoms with E-state index in [1.807, 2.05) is 24.3 Å². The average Bonchev–Trinajstić information content (AvgIpc) is 2.68. The van der Waals surface area contributed by atoms with Crippen molar-refractivity contribution in [3.8, 4) is 5.69 Å². The first kappa shape index (κ1) is 11.3. The van der Waals surface area contributed by atoms with E-state index in [0.29, 0.717) is 11.8 Å². The van der Waals surface area contributed by atoms with Crippen molar-refractivity contribution < 1.29 is 4.74 Å². The molecule has 1 aromatic heterocycles. The SMILES string of the molecule is Clc1c2c(nn1-c1ccccc1Br)CCOC2. The number of para-hydroxylation sites is 1. The molecule has 2 heterocycles. The van der Waals surface area contributed by atoms with Crippen LogP contribution in [0.4, 0.5) is 0 Å². The van der Waals surface area contributed by atoms with Crippen LogP contribution in [0.5, 0.6) is 0 Å². The molecule has 1 aliphatic heterocycles. The largest absolute Gasteiger partial charge is 0.376 e. The molecule has 0 saturated carbocycles. The third-order valence-electron chi connectivity index (χ3n) is 2.81. The second kappa shape index (κ2) is 4.44. The Morgan fingerprint density at radius 3 is 2.94 bits per heavy atom. The maximum Gasteiger partial charge on any atom is 0.138 e. The zero-order valence-electron chi connectivity index (χ0n) is 8.99. The van der Waals surface area contributed by atoms with E-state index in [9.17, 15) is 0 Å². The number of halogens is 2. The number of hydrogen-bond donors (Lipinski definition) is 0. The summed E-state index contributed by atoms with van der Waals surface area (Å²) in [5, 5.41) is 5.20. The van der Waals surface area contributed by atoms with Crippen LogP contribution >= 0.6 is 27.5 Å². The van der Waals surface area contributed by atoms with Gasteiger partial charge in [-0.25, -0.2) is 4.68 Å². The average molecular weight is 314 g/mol. The van der Waals surface area contributed by atoms with Crippen molar-refractivity contribution >= 4 is 27.5 Å². The van der Waals surface area contributed by atoms with Crippen LogP contribution < -0.4 is 0 Å². The Morgan fingerprint density at radius 1 is 1.35 bits per heavy atom. The van der Waals surface area contributed by atoms with E-state index >= 15 is 0 Å². The highest BCUT2D eigenvalue weighted by Crippen LogP contribution is 2.30. The van der Waals surface area contributed by atoms with Crippen LogP contribution in [0.15, 0.2) is 28.7 Å². The summed E-state index contributed by atoms with van der Waals surface area (Å²) < 4.78 is 8.15. The molecule has 0 N–H and O–H groups in total. The number of aromatic nitrogens is 2. The molecule has 17 heavy (non-hydrogen) atoms. The van der Waals surface area contributed by atoms with Gasteiger partial charge in [-0.1, -0.05) is 23.7 Å². The fourth-order valence-electron chi connectivity index (χ4n) is 1.94. The van der Waals surface area contributed by atoms with E-state index in [-0.39, 0.29) is 0 Å². The van der Waals surface area contributed by atoms with Crippen molar-refractivity contribution in [3.05, 3.63) is 45.1 Å². The summed E-state index contributed by atoms with van der Waals surface area (Å²) >= 11 is 9.86. The standard InChI is InChI=1S/C12H10BrClN2O/c13-9-3-1-2-4-11(9)16-12(14)8-7-17-6-5-10(8)15-16/h1-4H,5-7H2. The predicted octanol–water partition coefficient (Wildman–Crippen LogP) is 3.36. The van der Waals surface area contributed by atoms with Crippen molar-refractivity contribution in [1.29, 1.82) is 0 Å². The van der Waals surface area contributed by atoms with Crippen LogP contribution in [0.25, 0.3) is 5.69 Å². The molecule has 5 heteroatoms. The van der Waals surface area contributed by atoms with Gasteiger partial charge in [0.15, 0.2) is 0 Å². The summed E-state index contributed by atoms with van der Waals surface area (Å²) in [4.78, 5) is 0. The van der Waals surface area contributed by atoms with Crippen molar-refractivity contribution in [2.75, 3.05) is 6.61 Å². The molecule has 0 spiro atoms. The Balaban J connectivity index is 2.16. The van der Waals surface area contributed by atoms with Gasteiger partial charge in [0.05, 0.1) is 24.6 Å². The van der Waals surface area contributed by atoms with Gasteiger partial charge in [0.25, 0.3) is 0 Å². The molecule has 0 aliphatic carbocycles. The minimum Gasteiger partial charge on any atom is -0.376 e. The van der Waals surface area contributed by atoms with Crippen molar-refractivity contribution in [1.82, 2.24) is 9.78 Å². The molecular formula is C12H10BrClN2O. The maximum absolute atomic E-state index is 6.35. The molecule has 0 saturated heterocycles. The van der Waals surface area contributed by atoms with E-state index < -0.39 is 0 Å². The Bertz CT molecular complexity index is 568. The highest BCUT2D eigenvalue weighted by Gasteiger charge is 2.21. The van der Waals surface area contributed by atoms with Crippen LogP contribution in [0.1, 0.15) is 11.3 Å². The van der Waals surface area contributed by atoms with E-state index in [1.165, 1.54) is 0 Å². The van der Waals surface area contributed by atoms with Crippen LogP contribution in [0.2, 0.25) is 5.15 Å². The Morgan fingerprint density at radius 2 is 2.18 bits per heavy atom. The minimum atomic E-state index is 0.554. The molecule has 0 bridgehead atoms. The quantitative estimate of drug-likeness (QED) is 0.807. The Kier molecular flexibility index (Phi) is 2.94. The van der Waals surface area contributed by atoms with E-state index in [1.54, 1.807) is 4.68 Å². The molecule has 0 amide bonds. The lowest BCUT2D eigenvalue weighted by Gasteiger charge is -2.09. The zero-order chi connectivity index (χ0) is 11.8. The number of nitrogens with zero attached hydrogens (tertiary/aromatic N) is 2. The molecule has 3 rings (SSSR count). The fourth-order valence-corrected chi connectivity index (χ4v) is 2.69. The lowest BCUT2D eigenvalue weighted by atomic mass is 10.2. The molecule has 88 valence electrons. The summed E-state index contributed by atoms with van der Waals surface area (Å²) in [5.74, 6) is 0. The van der Waals surface area contributed by atoms with Crippen LogP contribution in [-0.4, -0.2) is 16.4 Å². The maximum atomic E-state index is 6.35. The first-order chi connectivity index (χ1) is 8.27. The van der Waals surface area contributed by atoms with Gasteiger partial charge in [0.2, 0.25) is 0 Å². The van der Waals surface area contributed by atoms with Crippen LogP contribution in [0.3, 0.4) is 0 Å². The third-order valence-corrected chi connectivity index (χ3v) is 3.87. The lowest BCUT2D eigenvalue weighted by molar-refractivity contribution is 0.110. The van der Waals surface area contributed by atoms with Gasteiger partial charge in [-0.05, 0) is 28.1 Å². The monoisotopic (exact) mass is 312 g/mol. The van der Waals surface area contributed by atoms with Crippen molar-refractivity contribution in [3.63, 3.8) is 0 Å². The number of hydrogen-bond acceptors (Lipinski definition) is 2. The first-order valence-electron chi connectivity index (χ1n) is 5.36. The predicted molar refractivity (Wildman–Crippen MR) is 69.6 cm³/mol. The van der Waals surface area contributed by atoms with Gasteiger partial charge in [-0.15, -0.1) is 0 Å². The van der Waals surface area contributed by atoms with Gasteiger partial charge < -0.3 is 4.74 Å². The van der Waals surface area contributed by atoms with Crippen LogP contribution in [-0.2, 0) is 17.8 Å². The molecule has 2 aromatic rings. The van der Waals surface area contributed by atoms with Gasteiger partial charge in [-0.3, -0.25) is 0 Å². The summed E-state index contributed by atoms with van der Waals surface area (Å²) in [6.45, 7) is 1.27. The van der Waals surface area contributed by atoms with Crippen molar-refractivity contribution in [2.45, 2.75) is 13.0 Å². The molecule has 0 atom stereocenters. The number of ether oxygens (including phenoxy) is 1. The summed E-state index contributed by atoms with van der Waals surface area (Å²) in [6.07, 6.45) is 0.826. The van der Waals surface area contributed by atoms with Gasteiger partial charge in [-0.2, -0.15) is 5.10 Å². The topological polar surface area (TPSA) is 27.1 Å². The third kappa shape index (κ3) is 1.90. The smallest absolute Gasteiger partial charge is 0.138 e. The molecule has 1 aromatic carbocycles. The molecular weight excluding hydrogens is 304 g/mol. The van der Waals surface area contributed by atoms with Gasteiger partial charge >= 0.3 is 0 Å². The number of rotatable bonds is 1. The number of benzene rings is 1. The summed E-state index contributed by atoms with van der Waals surface area (Å²) in [6, 6.07) is 7.89. The van der Waals surface area contributed by atoms with E-state index in [4.69, 9.17) is 16.3 Å². The van der Waals surface area contributed by atoms with Crippen molar-refractivity contribution in [2.24, 2.45) is 0 Å². The van der Waals surface area contributed by atoms with E-state index in [0.717, 1.165) is 34.4 Å². The second-order valence-electron chi connectivity index (χ2n) is 3.88. The highest BCUT2D eigenvalue weighted by molar-refractivity contribution is 9.10.